The number of fused-ring (bicyclic) bond motifs is 1. The summed E-state index contributed by atoms with van der Waals surface area (Å²) in [5, 5.41) is 3.74. The second-order valence-corrected chi connectivity index (χ2v) is 6.24. The van der Waals surface area contributed by atoms with Crippen LogP contribution in [-0.4, -0.2) is 13.2 Å². The van der Waals surface area contributed by atoms with E-state index in [0.29, 0.717) is 6.04 Å². The van der Waals surface area contributed by atoms with Crippen molar-refractivity contribution in [3.63, 3.8) is 0 Å². The largest absolute Gasteiger partial charge is 0.493 e. The SMILES string of the molecule is CCC(NCCC1=CCCCC1)c1ccc2c(c1)CCO2. The molecule has 2 aliphatic rings. The van der Waals surface area contributed by atoms with Crippen LogP contribution in [0.1, 0.15) is 62.6 Å². The Hall–Kier alpha value is -1.28. The van der Waals surface area contributed by atoms with Crippen molar-refractivity contribution in [2.75, 3.05) is 13.2 Å². The molecular formula is C19H27NO. The summed E-state index contributed by atoms with van der Waals surface area (Å²) < 4.78 is 5.60. The van der Waals surface area contributed by atoms with Crippen molar-refractivity contribution in [3.8, 4) is 5.75 Å². The normalized spacial score (nSPS) is 18.8. The van der Waals surface area contributed by atoms with Gasteiger partial charge in [-0.3, -0.25) is 0 Å². The lowest BCUT2D eigenvalue weighted by Gasteiger charge is -2.19. The molecule has 0 saturated carbocycles. The molecule has 1 aromatic rings. The van der Waals surface area contributed by atoms with Crippen LogP contribution >= 0.6 is 0 Å². The van der Waals surface area contributed by atoms with E-state index in [0.717, 1.165) is 31.7 Å². The van der Waals surface area contributed by atoms with Crippen molar-refractivity contribution in [2.45, 2.75) is 57.9 Å². The summed E-state index contributed by atoms with van der Waals surface area (Å²) in [5.74, 6) is 1.08. The number of nitrogens with one attached hydrogen (secondary N) is 1. The lowest BCUT2D eigenvalue weighted by Crippen LogP contribution is -2.22. The lowest BCUT2D eigenvalue weighted by atomic mass is 9.96. The van der Waals surface area contributed by atoms with Crippen LogP contribution < -0.4 is 10.1 Å². The number of rotatable bonds is 6. The average Bonchev–Trinajstić information content (AvgIpc) is 3.00. The van der Waals surface area contributed by atoms with Gasteiger partial charge < -0.3 is 10.1 Å². The molecule has 0 radical (unpaired) electrons. The molecule has 21 heavy (non-hydrogen) atoms. The van der Waals surface area contributed by atoms with Crippen molar-refractivity contribution in [1.82, 2.24) is 5.32 Å². The van der Waals surface area contributed by atoms with Crippen LogP contribution in [0.3, 0.4) is 0 Å². The van der Waals surface area contributed by atoms with E-state index >= 15 is 0 Å². The van der Waals surface area contributed by atoms with Gasteiger partial charge in [0.2, 0.25) is 0 Å². The van der Waals surface area contributed by atoms with Crippen LogP contribution in [0.25, 0.3) is 0 Å². The third-order valence-electron chi connectivity index (χ3n) is 4.75. The first-order valence-electron chi connectivity index (χ1n) is 8.53. The van der Waals surface area contributed by atoms with Crippen molar-refractivity contribution >= 4 is 0 Å². The highest BCUT2D eigenvalue weighted by Crippen LogP contribution is 2.29. The van der Waals surface area contributed by atoms with Gasteiger partial charge in [0.1, 0.15) is 5.75 Å². The Morgan fingerprint density at radius 1 is 1.24 bits per heavy atom. The van der Waals surface area contributed by atoms with E-state index < -0.39 is 0 Å². The number of ether oxygens (including phenoxy) is 1. The second-order valence-electron chi connectivity index (χ2n) is 6.24. The van der Waals surface area contributed by atoms with E-state index in [1.165, 1.54) is 43.2 Å². The number of benzene rings is 1. The minimum absolute atomic E-state index is 0.472. The maximum Gasteiger partial charge on any atom is 0.122 e. The standard InChI is InChI=1S/C19H27NO/c1-2-18(20-12-10-15-6-4-3-5-7-15)16-8-9-19-17(14-16)11-13-21-19/h6,8-9,14,18,20H,2-5,7,10-13H2,1H3. The molecule has 2 nitrogen and oxygen atoms in total. The van der Waals surface area contributed by atoms with Crippen LogP contribution in [0.4, 0.5) is 0 Å². The third-order valence-corrected chi connectivity index (χ3v) is 4.75. The van der Waals surface area contributed by atoms with Crippen LogP contribution in [-0.2, 0) is 6.42 Å². The molecule has 0 bridgehead atoms. The van der Waals surface area contributed by atoms with Crippen LogP contribution in [0.2, 0.25) is 0 Å². The molecule has 1 heterocycles. The minimum atomic E-state index is 0.472. The van der Waals surface area contributed by atoms with Crippen molar-refractivity contribution in [3.05, 3.63) is 41.0 Å². The summed E-state index contributed by atoms with van der Waals surface area (Å²) >= 11 is 0. The maximum atomic E-state index is 5.60. The first-order valence-corrected chi connectivity index (χ1v) is 8.53. The summed E-state index contributed by atoms with van der Waals surface area (Å²) in [6.07, 6.45) is 11.2. The zero-order chi connectivity index (χ0) is 14.5. The van der Waals surface area contributed by atoms with Crippen LogP contribution in [0, 0.1) is 0 Å². The summed E-state index contributed by atoms with van der Waals surface area (Å²) in [6, 6.07) is 7.18. The molecule has 1 N–H and O–H groups in total. The predicted molar refractivity (Wildman–Crippen MR) is 87.8 cm³/mol. The molecule has 1 aliphatic heterocycles. The van der Waals surface area contributed by atoms with E-state index in [4.69, 9.17) is 4.74 Å². The Bertz CT molecular complexity index is 506. The predicted octanol–water partition coefficient (Wildman–Crippen LogP) is 4.55. The summed E-state index contributed by atoms with van der Waals surface area (Å²) in [6.45, 7) is 4.20. The Kier molecular flexibility index (Phi) is 4.97. The highest BCUT2D eigenvalue weighted by atomic mass is 16.5. The van der Waals surface area contributed by atoms with Crippen LogP contribution in [0.15, 0.2) is 29.8 Å². The summed E-state index contributed by atoms with van der Waals surface area (Å²) in [5.41, 5.74) is 4.45. The van der Waals surface area contributed by atoms with E-state index in [1.807, 2.05) is 0 Å². The van der Waals surface area contributed by atoms with E-state index in [1.54, 1.807) is 5.57 Å². The molecular weight excluding hydrogens is 258 g/mol. The van der Waals surface area contributed by atoms with Crippen molar-refractivity contribution in [2.24, 2.45) is 0 Å². The smallest absolute Gasteiger partial charge is 0.122 e. The zero-order valence-corrected chi connectivity index (χ0v) is 13.2. The molecule has 0 spiro atoms. The molecule has 0 amide bonds. The molecule has 0 fully saturated rings. The first-order chi connectivity index (χ1) is 10.4. The lowest BCUT2D eigenvalue weighted by molar-refractivity contribution is 0.356. The Balaban J connectivity index is 1.56. The molecule has 1 atom stereocenters. The Morgan fingerprint density at radius 3 is 3.00 bits per heavy atom. The average molecular weight is 285 g/mol. The molecule has 2 heteroatoms. The Labute approximate surface area is 128 Å². The highest BCUT2D eigenvalue weighted by Gasteiger charge is 2.15. The van der Waals surface area contributed by atoms with Gasteiger partial charge in [-0.2, -0.15) is 0 Å². The molecule has 1 aromatic carbocycles. The van der Waals surface area contributed by atoms with Gasteiger partial charge in [0.25, 0.3) is 0 Å². The van der Waals surface area contributed by atoms with Gasteiger partial charge in [0.05, 0.1) is 6.61 Å². The number of hydrogen-bond donors (Lipinski definition) is 1. The monoisotopic (exact) mass is 285 g/mol. The van der Waals surface area contributed by atoms with Gasteiger partial charge in [-0.25, -0.2) is 0 Å². The number of hydrogen-bond acceptors (Lipinski definition) is 2. The van der Waals surface area contributed by atoms with Crippen molar-refractivity contribution in [1.29, 1.82) is 0 Å². The second kappa shape index (κ2) is 7.13. The highest BCUT2D eigenvalue weighted by molar-refractivity contribution is 5.40. The fraction of sp³-hybridized carbons (Fsp3) is 0.579. The van der Waals surface area contributed by atoms with Gasteiger partial charge in [-0.05, 0) is 62.3 Å². The first kappa shape index (κ1) is 14.6. The van der Waals surface area contributed by atoms with Crippen LogP contribution in [0.5, 0.6) is 5.75 Å². The molecule has 0 saturated heterocycles. The topological polar surface area (TPSA) is 21.3 Å². The van der Waals surface area contributed by atoms with Gasteiger partial charge in [0.15, 0.2) is 0 Å². The van der Waals surface area contributed by atoms with Gasteiger partial charge >= 0.3 is 0 Å². The maximum absolute atomic E-state index is 5.60. The van der Waals surface area contributed by atoms with E-state index in [2.05, 4.69) is 36.5 Å². The molecule has 3 rings (SSSR count). The molecule has 1 unspecified atom stereocenters. The van der Waals surface area contributed by atoms with Crippen molar-refractivity contribution < 1.29 is 4.74 Å². The summed E-state index contributed by atoms with van der Waals surface area (Å²) in [4.78, 5) is 0. The molecule has 1 aliphatic carbocycles. The summed E-state index contributed by atoms with van der Waals surface area (Å²) in [7, 11) is 0. The third kappa shape index (κ3) is 3.68. The number of allylic oxidation sites excluding steroid dienone is 1. The molecule has 0 aromatic heterocycles. The fourth-order valence-corrected chi connectivity index (χ4v) is 3.46. The van der Waals surface area contributed by atoms with Gasteiger partial charge in [-0.1, -0.05) is 30.7 Å². The van der Waals surface area contributed by atoms with Gasteiger partial charge in [0, 0.05) is 12.5 Å². The molecule has 114 valence electrons. The quantitative estimate of drug-likeness (QED) is 0.774. The zero-order valence-electron chi connectivity index (χ0n) is 13.2. The fourth-order valence-electron chi connectivity index (χ4n) is 3.46. The van der Waals surface area contributed by atoms with Gasteiger partial charge in [-0.15, -0.1) is 0 Å². The minimum Gasteiger partial charge on any atom is -0.493 e. The van der Waals surface area contributed by atoms with E-state index in [-0.39, 0.29) is 0 Å². The Morgan fingerprint density at radius 2 is 2.19 bits per heavy atom. The van der Waals surface area contributed by atoms with E-state index in [9.17, 15) is 0 Å².